The van der Waals surface area contributed by atoms with Crippen LogP contribution in [0.15, 0.2) is 24.5 Å². The molecule has 2 nitrogen and oxygen atoms in total. The van der Waals surface area contributed by atoms with Crippen LogP contribution in [-0.4, -0.2) is 0 Å². The van der Waals surface area contributed by atoms with E-state index in [4.69, 9.17) is 0 Å². The minimum absolute atomic E-state index is 0.725. The average molecular weight is 108 g/mol. The molecule has 0 atom stereocenters. The molecule has 0 spiro atoms. The van der Waals surface area contributed by atoms with Crippen molar-refractivity contribution in [3.63, 3.8) is 0 Å². The molecule has 0 aromatic carbocycles. The van der Waals surface area contributed by atoms with Gasteiger partial charge in [-0.1, -0.05) is 0 Å². The fourth-order valence-corrected chi connectivity index (χ4v) is 0.501. The molecule has 0 unspecified atom stereocenters. The lowest BCUT2D eigenvalue weighted by Crippen LogP contribution is -2.23. The van der Waals surface area contributed by atoms with Crippen LogP contribution in [0.25, 0.3) is 0 Å². The van der Waals surface area contributed by atoms with Gasteiger partial charge in [0.2, 0.25) is 0 Å². The lowest BCUT2D eigenvalue weighted by atomic mass is 10.3. The lowest BCUT2D eigenvalue weighted by Gasteiger charge is -1.92. The highest BCUT2D eigenvalue weighted by molar-refractivity contribution is 5.07. The topological polar surface area (TPSA) is 26.9 Å². The van der Waals surface area contributed by atoms with Crippen molar-refractivity contribution in [3.05, 3.63) is 42.2 Å². The molecule has 1 aromatic heterocycles. The zero-order valence-electron chi connectivity index (χ0n) is 4.37. The third-order valence-electron chi connectivity index (χ3n) is 0.836. The molecule has 1 heterocycles. The number of pyridine rings is 1. The first-order valence-electron chi connectivity index (χ1n) is 2.30. The number of hydrogen-bond donors (Lipinski definition) is 0. The summed E-state index contributed by atoms with van der Waals surface area (Å²) in [4.78, 5) is 0. The van der Waals surface area contributed by atoms with Gasteiger partial charge in [0.05, 0.1) is 0 Å². The Bertz CT molecular complexity index is 168. The fourth-order valence-electron chi connectivity index (χ4n) is 0.501. The van der Waals surface area contributed by atoms with E-state index in [2.05, 4.69) is 6.92 Å². The second kappa shape index (κ2) is 1.82. The van der Waals surface area contributed by atoms with Gasteiger partial charge in [-0.25, -0.2) is 0 Å². The Balaban J connectivity index is 3.08. The molecule has 0 N–H and O–H groups in total. The summed E-state index contributed by atoms with van der Waals surface area (Å²) in [7, 11) is 0. The van der Waals surface area contributed by atoms with E-state index in [9.17, 15) is 5.21 Å². The minimum Gasteiger partial charge on any atom is -0.619 e. The third-order valence-corrected chi connectivity index (χ3v) is 0.836. The summed E-state index contributed by atoms with van der Waals surface area (Å²) in [6.07, 6.45) is 2.84. The summed E-state index contributed by atoms with van der Waals surface area (Å²) in [6, 6.07) is 3.43. The molecule has 0 saturated carbocycles. The van der Waals surface area contributed by atoms with Crippen molar-refractivity contribution in [1.82, 2.24) is 0 Å². The molecule has 8 heavy (non-hydrogen) atoms. The van der Waals surface area contributed by atoms with Crippen LogP contribution < -0.4 is 4.73 Å². The molecule has 0 fully saturated rings. The zero-order chi connectivity index (χ0) is 5.98. The van der Waals surface area contributed by atoms with E-state index in [1.54, 1.807) is 12.1 Å². The largest absolute Gasteiger partial charge is 0.619 e. The molecule has 0 aliphatic carbocycles. The van der Waals surface area contributed by atoms with Gasteiger partial charge in [0.25, 0.3) is 0 Å². The average Bonchev–Trinajstić information content (AvgIpc) is 1.64. The number of nitrogens with zero attached hydrogens (tertiary/aromatic N) is 1. The third kappa shape index (κ3) is 0.964. The summed E-state index contributed by atoms with van der Waals surface area (Å²) < 4.78 is 0.725. The minimum atomic E-state index is 0.725. The van der Waals surface area contributed by atoms with Crippen molar-refractivity contribution >= 4 is 0 Å². The van der Waals surface area contributed by atoms with Gasteiger partial charge in [0.1, 0.15) is 0 Å². The Kier molecular flexibility index (Phi) is 1.16. The van der Waals surface area contributed by atoms with E-state index in [0.29, 0.717) is 0 Å². The molecule has 1 aromatic rings. The van der Waals surface area contributed by atoms with E-state index >= 15 is 0 Å². The van der Waals surface area contributed by atoms with Gasteiger partial charge in [-0.2, -0.15) is 4.73 Å². The van der Waals surface area contributed by atoms with Crippen molar-refractivity contribution in [3.8, 4) is 0 Å². The predicted octanol–water partition coefficient (Wildman–Crippen LogP) is 0.502. The van der Waals surface area contributed by atoms with Gasteiger partial charge in [-0.3, -0.25) is 0 Å². The molecule has 0 bridgehead atoms. The highest BCUT2D eigenvalue weighted by atomic mass is 16.5. The molecule has 41 valence electrons. The summed E-state index contributed by atoms with van der Waals surface area (Å²) >= 11 is 0. The first-order chi connectivity index (χ1) is 3.79. The van der Waals surface area contributed by atoms with Crippen LogP contribution >= 0.6 is 0 Å². The van der Waals surface area contributed by atoms with Gasteiger partial charge < -0.3 is 5.21 Å². The SMILES string of the molecule is [CH2]c1ccc[n+]([O-])c1. The monoisotopic (exact) mass is 108 g/mol. The van der Waals surface area contributed by atoms with Crippen molar-refractivity contribution in [2.75, 3.05) is 0 Å². The molecule has 0 aliphatic rings. The van der Waals surface area contributed by atoms with Crippen LogP contribution in [0, 0.1) is 12.1 Å². The van der Waals surface area contributed by atoms with Gasteiger partial charge in [0, 0.05) is 11.6 Å². The molecular weight excluding hydrogens is 102 g/mol. The lowest BCUT2D eigenvalue weighted by molar-refractivity contribution is -0.605. The van der Waals surface area contributed by atoms with Crippen molar-refractivity contribution in [1.29, 1.82) is 0 Å². The standard InChI is InChI=1S/C6H6NO/c1-6-3-2-4-7(8)5-6/h2-5H,1H2. The second-order valence-corrected chi connectivity index (χ2v) is 1.57. The van der Waals surface area contributed by atoms with Crippen LogP contribution in [0.4, 0.5) is 0 Å². The molecule has 0 saturated heterocycles. The maximum absolute atomic E-state index is 10.4. The van der Waals surface area contributed by atoms with Crippen LogP contribution in [0.2, 0.25) is 0 Å². The molecule has 0 amide bonds. The van der Waals surface area contributed by atoms with E-state index in [-0.39, 0.29) is 0 Å². The van der Waals surface area contributed by atoms with Crippen LogP contribution in [0.3, 0.4) is 0 Å². The first kappa shape index (κ1) is 5.09. The quantitative estimate of drug-likeness (QED) is 0.351. The first-order valence-corrected chi connectivity index (χ1v) is 2.30. The number of rotatable bonds is 0. The van der Waals surface area contributed by atoms with Gasteiger partial charge in [-0.15, -0.1) is 0 Å². The zero-order valence-corrected chi connectivity index (χ0v) is 4.37. The number of aromatic nitrogens is 1. The Morgan fingerprint density at radius 3 is 2.75 bits per heavy atom. The molecule has 1 radical (unpaired) electrons. The van der Waals surface area contributed by atoms with Gasteiger partial charge in [0.15, 0.2) is 12.4 Å². The molecule has 1 rings (SSSR count). The Labute approximate surface area is 48.0 Å². The highest BCUT2D eigenvalue weighted by Crippen LogP contribution is 1.86. The molecular formula is C6H6NO. The maximum Gasteiger partial charge on any atom is 0.183 e. The summed E-state index contributed by atoms with van der Waals surface area (Å²) in [5.41, 5.74) is 0.738. The van der Waals surface area contributed by atoms with E-state index < -0.39 is 0 Å². The van der Waals surface area contributed by atoms with Crippen LogP contribution in [0.5, 0.6) is 0 Å². The second-order valence-electron chi connectivity index (χ2n) is 1.57. The summed E-state index contributed by atoms with van der Waals surface area (Å²) in [5.74, 6) is 0. The Morgan fingerprint density at radius 1 is 1.62 bits per heavy atom. The summed E-state index contributed by atoms with van der Waals surface area (Å²) in [5, 5.41) is 10.4. The van der Waals surface area contributed by atoms with E-state index in [1.165, 1.54) is 12.4 Å². The van der Waals surface area contributed by atoms with Crippen LogP contribution in [-0.2, 0) is 0 Å². The van der Waals surface area contributed by atoms with E-state index in [1.807, 2.05) is 0 Å². The smallest absolute Gasteiger partial charge is 0.183 e. The Hall–Kier alpha value is -1.05. The van der Waals surface area contributed by atoms with Crippen molar-refractivity contribution in [2.45, 2.75) is 0 Å². The van der Waals surface area contributed by atoms with Crippen molar-refractivity contribution < 1.29 is 4.73 Å². The van der Waals surface area contributed by atoms with Gasteiger partial charge in [-0.05, 0) is 13.0 Å². The molecule has 2 heteroatoms. The van der Waals surface area contributed by atoms with Crippen molar-refractivity contribution in [2.24, 2.45) is 0 Å². The normalized spacial score (nSPS) is 9.12. The highest BCUT2D eigenvalue weighted by Gasteiger charge is 1.85. The predicted molar refractivity (Wildman–Crippen MR) is 29.9 cm³/mol. The number of hydrogen-bond acceptors (Lipinski definition) is 1. The van der Waals surface area contributed by atoms with E-state index in [0.717, 1.165) is 10.3 Å². The van der Waals surface area contributed by atoms with Crippen LogP contribution in [0.1, 0.15) is 5.56 Å². The maximum atomic E-state index is 10.4. The van der Waals surface area contributed by atoms with Gasteiger partial charge >= 0.3 is 0 Å². The summed E-state index contributed by atoms with van der Waals surface area (Å²) in [6.45, 7) is 3.56. The molecule has 0 aliphatic heterocycles. The fraction of sp³-hybridized carbons (Fsp3) is 0. The Morgan fingerprint density at radius 2 is 2.38 bits per heavy atom.